The molecule has 19 heteroatoms. The summed E-state index contributed by atoms with van der Waals surface area (Å²) in [6.07, 6.45) is -10.4. The van der Waals surface area contributed by atoms with Gasteiger partial charge in [-0.15, -0.1) is 0 Å². The number of amides is 1. The highest BCUT2D eigenvalue weighted by Crippen LogP contribution is 2.40. The number of aliphatic hydroxyl groups is 6. The Kier molecular flexibility index (Phi) is 21.7. The van der Waals surface area contributed by atoms with Crippen LogP contribution in [0.5, 0.6) is 0 Å². The van der Waals surface area contributed by atoms with Gasteiger partial charge >= 0.3 is 5.97 Å². The van der Waals surface area contributed by atoms with Gasteiger partial charge in [0.2, 0.25) is 5.91 Å². The summed E-state index contributed by atoms with van der Waals surface area (Å²) in [6, 6.07) is 7.49. The second kappa shape index (κ2) is 25.8. The van der Waals surface area contributed by atoms with Gasteiger partial charge in [0.25, 0.3) is 0 Å². The zero-order valence-electron chi connectivity index (χ0n) is 46.4. The molecule has 0 spiro atoms. The number of nitrogens with one attached hydrogen (secondary N) is 1. The lowest BCUT2D eigenvalue weighted by molar-refractivity contribution is -0.318. The summed E-state index contributed by atoms with van der Waals surface area (Å²) >= 11 is 0. The number of likely N-dealkylation sites (N-methyl/N-ethyl adjacent to an activating group) is 3. The summed E-state index contributed by atoms with van der Waals surface area (Å²) in [5.41, 5.74) is -3.58. The van der Waals surface area contributed by atoms with Crippen LogP contribution in [0.25, 0.3) is 0 Å². The van der Waals surface area contributed by atoms with E-state index in [1.165, 1.54) is 14.0 Å². The topological polar surface area (TPSA) is 242 Å². The predicted octanol–water partition coefficient (Wildman–Crippen LogP) is 2.43. The van der Waals surface area contributed by atoms with E-state index in [9.17, 15) is 40.2 Å². The van der Waals surface area contributed by atoms with Crippen molar-refractivity contribution >= 4 is 11.9 Å². The fourth-order valence-corrected chi connectivity index (χ4v) is 11.9. The van der Waals surface area contributed by atoms with E-state index in [2.05, 4.69) is 5.32 Å². The second-order valence-electron chi connectivity index (χ2n) is 23.1. The number of carbonyl (C=O) groups excluding carboxylic acids is 2. The van der Waals surface area contributed by atoms with Crippen molar-refractivity contribution in [3.05, 3.63) is 35.9 Å². The number of benzene rings is 1. The molecule has 1 amide bonds. The largest absolute Gasteiger partial charge is 0.459 e. The molecule has 4 heterocycles. The van der Waals surface area contributed by atoms with Crippen LogP contribution in [0.1, 0.15) is 114 Å². The summed E-state index contributed by atoms with van der Waals surface area (Å²) < 4.78 is 44.5. The van der Waals surface area contributed by atoms with E-state index >= 15 is 0 Å². The van der Waals surface area contributed by atoms with Crippen LogP contribution in [0, 0.1) is 17.8 Å². The molecule has 1 aromatic carbocycles. The van der Waals surface area contributed by atoms with Crippen LogP contribution >= 0.6 is 0 Å². The van der Waals surface area contributed by atoms with Crippen molar-refractivity contribution in [3.8, 4) is 0 Å². The molecule has 19 nitrogen and oxygen atoms in total. The van der Waals surface area contributed by atoms with E-state index in [4.69, 9.17) is 33.2 Å². The van der Waals surface area contributed by atoms with Gasteiger partial charge in [0, 0.05) is 51.2 Å². The van der Waals surface area contributed by atoms with E-state index in [1.54, 1.807) is 55.4 Å². The highest BCUT2D eigenvalue weighted by atomic mass is 16.7. The smallest absolute Gasteiger partial charge is 0.311 e. The van der Waals surface area contributed by atoms with E-state index in [0.717, 1.165) is 5.56 Å². The minimum absolute atomic E-state index is 0.0760. The lowest BCUT2D eigenvalue weighted by Gasteiger charge is -2.49. The molecular weight excluding hydrogens is 945 g/mol. The van der Waals surface area contributed by atoms with Crippen LogP contribution < -0.4 is 5.32 Å². The number of ether oxygens (including phenoxy) is 7. The van der Waals surface area contributed by atoms with Crippen LogP contribution in [0.15, 0.2) is 30.3 Å². The normalized spacial score (nSPS) is 42.9. The minimum Gasteiger partial charge on any atom is -0.459 e. The second-order valence-corrected chi connectivity index (χ2v) is 23.1. The Hall–Kier alpha value is -2.44. The third kappa shape index (κ3) is 15.0. The maximum absolute atomic E-state index is 14.5. The van der Waals surface area contributed by atoms with Gasteiger partial charge in [-0.3, -0.25) is 19.4 Å². The summed E-state index contributed by atoms with van der Waals surface area (Å²) in [4.78, 5) is 34.2. The predicted molar refractivity (Wildman–Crippen MR) is 273 cm³/mol. The van der Waals surface area contributed by atoms with Crippen molar-refractivity contribution in [3.63, 3.8) is 0 Å². The molecule has 5 rings (SSSR count). The number of aliphatic hydroxyl groups excluding tert-OH is 4. The zero-order valence-corrected chi connectivity index (χ0v) is 46.4. The molecule has 4 saturated heterocycles. The van der Waals surface area contributed by atoms with Gasteiger partial charge in [-0.1, -0.05) is 51.1 Å². The van der Waals surface area contributed by atoms with Crippen molar-refractivity contribution in [2.45, 2.75) is 229 Å². The van der Waals surface area contributed by atoms with Gasteiger partial charge in [-0.05, 0) is 114 Å². The van der Waals surface area contributed by atoms with Gasteiger partial charge in [0.1, 0.15) is 30.0 Å². The van der Waals surface area contributed by atoms with Gasteiger partial charge < -0.3 is 74.0 Å². The molecule has 0 unspecified atom stereocenters. The molecule has 73 heavy (non-hydrogen) atoms. The van der Waals surface area contributed by atoms with Crippen molar-refractivity contribution in [1.29, 1.82) is 0 Å². The van der Waals surface area contributed by atoms with Crippen LogP contribution in [0.4, 0.5) is 0 Å². The molecule has 0 aliphatic carbocycles. The Morgan fingerprint density at radius 3 is 2.21 bits per heavy atom. The van der Waals surface area contributed by atoms with Crippen molar-refractivity contribution in [2.24, 2.45) is 17.8 Å². The molecule has 22 atom stereocenters. The lowest BCUT2D eigenvalue weighted by Crippen LogP contribution is -2.62. The van der Waals surface area contributed by atoms with Gasteiger partial charge in [0.15, 0.2) is 12.6 Å². The van der Waals surface area contributed by atoms with Crippen LogP contribution in [0.2, 0.25) is 0 Å². The third-order valence-electron chi connectivity index (χ3n) is 16.6. The molecule has 4 aliphatic heterocycles. The Labute approximate surface area is 435 Å². The molecule has 0 radical (unpaired) electrons. The maximum atomic E-state index is 14.5. The number of hydrogen-bond acceptors (Lipinski definition) is 18. The SMILES string of the molecule is CC[C@H]1OC(=O)[C@H](C)[C@@H](O[C@H]2C[C@@](C)(OC)[C@@H](O)[C@H](C)O2)[C@H](C)[C@@H](O[C@@H]2O[C@H](C)C[C@H](N(C)C[C@H](NC(=O)[C@@H]3C[C@@H](OCc4ccccc4)CN3C)[C@H](C)O)[C@H]2O)[C@](C)(O)C[C@@H](C)CN(C)[C@H](C)[C@@H](O)[C@]1(C)O. The van der Waals surface area contributed by atoms with Crippen LogP contribution in [-0.2, 0) is 49.4 Å². The Morgan fingerprint density at radius 2 is 1.59 bits per heavy atom. The molecule has 1 aromatic rings. The van der Waals surface area contributed by atoms with Crippen LogP contribution in [-0.4, -0.2) is 220 Å². The first-order chi connectivity index (χ1) is 34.0. The van der Waals surface area contributed by atoms with Crippen LogP contribution in [0.3, 0.4) is 0 Å². The first-order valence-electron chi connectivity index (χ1n) is 26.7. The third-order valence-corrected chi connectivity index (χ3v) is 16.6. The van der Waals surface area contributed by atoms with Crippen molar-refractivity contribution < 1.29 is 73.4 Å². The van der Waals surface area contributed by atoms with Gasteiger partial charge in [-0.2, -0.15) is 0 Å². The van der Waals surface area contributed by atoms with Gasteiger partial charge in [-0.25, -0.2) is 0 Å². The average molecular weight is 1040 g/mol. The molecule has 4 fully saturated rings. The molecule has 0 saturated carbocycles. The average Bonchev–Trinajstić information content (AvgIpc) is 3.71. The number of nitrogens with zero attached hydrogens (tertiary/aromatic N) is 3. The first-order valence-corrected chi connectivity index (χ1v) is 26.7. The van der Waals surface area contributed by atoms with E-state index in [1.807, 2.05) is 80.0 Å². The quantitative estimate of drug-likeness (QED) is 0.125. The zero-order chi connectivity index (χ0) is 54.5. The number of likely N-dealkylation sites (tertiary alicyclic amines) is 1. The highest BCUT2D eigenvalue weighted by molar-refractivity contribution is 5.82. The Morgan fingerprint density at radius 1 is 0.932 bits per heavy atom. The molecule has 4 aliphatic rings. The molecule has 7 N–H and O–H groups in total. The highest BCUT2D eigenvalue weighted by Gasteiger charge is 2.53. The fraction of sp³-hybridized carbons (Fsp3) is 0.852. The molecular formula is C54H94N4O15. The summed E-state index contributed by atoms with van der Waals surface area (Å²) in [6.45, 7) is 20.5. The van der Waals surface area contributed by atoms with Gasteiger partial charge in [0.05, 0.1) is 72.4 Å². The Bertz CT molecular complexity index is 1880. The van der Waals surface area contributed by atoms with E-state index in [0.29, 0.717) is 32.5 Å². The molecule has 0 aromatic heterocycles. The molecule has 420 valence electrons. The summed E-state index contributed by atoms with van der Waals surface area (Å²) in [5, 5.41) is 74.1. The first kappa shape index (κ1) is 61.4. The number of rotatable bonds is 15. The number of methoxy groups -OCH3 is 1. The monoisotopic (exact) mass is 1040 g/mol. The maximum Gasteiger partial charge on any atom is 0.311 e. The fourth-order valence-electron chi connectivity index (χ4n) is 11.9. The standard InChI is InChI=1S/C54H94N4O15/c1-16-42-54(11,66)46(61)34(6)56(12)26-30(2)24-52(9,65)48(32(4)45(33(5)50(64)71-42)72-43-25-53(10,67-15)47(62)36(8)70-43)73-51-44(60)40(22-31(3)69-51)58(14)28-39(35(7)59)55-49(63)41-23-38(27-57(41)13)68-29-37-20-18-17-19-21-37/h17-21,30-36,38-48,51,59-62,65-66H,16,22-29H2,1-15H3,(H,55,63)/t30-,31-,32+,33-,34-,35+,36+,38-,39+,40+,41+,42-,43+,44-,45+,46-,47+,48-,51+,52-,53-,54-/m1/s1. The number of carbonyl (C=O) groups is 2. The number of esters is 1. The van der Waals surface area contributed by atoms with Crippen molar-refractivity contribution in [1.82, 2.24) is 20.0 Å². The number of hydrogen-bond donors (Lipinski definition) is 7. The summed E-state index contributed by atoms with van der Waals surface area (Å²) in [5.74, 6) is -3.17. The Balaban J connectivity index is 1.43. The lowest BCUT2D eigenvalue weighted by atomic mass is 9.77. The van der Waals surface area contributed by atoms with E-state index in [-0.39, 0.29) is 43.7 Å². The molecule has 0 bridgehead atoms. The van der Waals surface area contributed by atoms with E-state index < -0.39 is 126 Å². The summed E-state index contributed by atoms with van der Waals surface area (Å²) in [7, 11) is 7.01. The minimum atomic E-state index is -1.86. The number of cyclic esters (lactones) is 1. The van der Waals surface area contributed by atoms with Crippen molar-refractivity contribution in [2.75, 3.05) is 47.9 Å².